The molecule has 136 valence electrons. The lowest BCUT2D eigenvalue weighted by Crippen LogP contribution is -2.42. The molecule has 0 spiro atoms. The Hall–Kier alpha value is -1.80. The summed E-state index contributed by atoms with van der Waals surface area (Å²) in [6, 6.07) is 12.0. The molecule has 1 saturated heterocycles. The molecule has 1 aliphatic rings. The van der Waals surface area contributed by atoms with Gasteiger partial charge in [0.25, 0.3) is 0 Å². The van der Waals surface area contributed by atoms with Crippen LogP contribution in [0.15, 0.2) is 52.7 Å². The van der Waals surface area contributed by atoms with Crippen LogP contribution >= 0.6 is 11.3 Å². The number of rotatable bonds is 3. The fourth-order valence-corrected chi connectivity index (χ4v) is 5.60. The second-order valence-electron chi connectivity index (χ2n) is 6.32. The van der Waals surface area contributed by atoms with E-state index in [1.807, 2.05) is 29.6 Å². The molecule has 0 saturated carbocycles. The van der Waals surface area contributed by atoms with Gasteiger partial charge in [0.2, 0.25) is 10.0 Å². The zero-order valence-electron chi connectivity index (χ0n) is 14.2. The first kappa shape index (κ1) is 17.6. The highest BCUT2D eigenvalue weighted by atomic mass is 32.2. The number of fused-ring (bicyclic) bond motifs is 1. The standard InChI is InChI=1S/C19H18FNO3S2/c1-13-6-7-14(10-17(13)20)26(22,23)21-8-9-24-18(11-21)16-12-25-19-5-3-2-4-15(16)19/h2-7,10,12,18H,8-9,11H2,1H3/t18-/m0/s1. The normalized spacial score (nSPS) is 19.1. The van der Waals surface area contributed by atoms with Crippen LogP contribution in [-0.4, -0.2) is 32.4 Å². The topological polar surface area (TPSA) is 46.6 Å². The maximum absolute atomic E-state index is 13.8. The van der Waals surface area contributed by atoms with Crippen molar-refractivity contribution in [3.8, 4) is 0 Å². The Bertz CT molecular complexity index is 1060. The van der Waals surface area contributed by atoms with Crippen molar-refractivity contribution in [2.75, 3.05) is 19.7 Å². The van der Waals surface area contributed by atoms with Crippen LogP contribution in [0.4, 0.5) is 4.39 Å². The largest absolute Gasteiger partial charge is 0.371 e. The number of hydrogen-bond donors (Lipinski definition) is 0. The summed E-state index contributed by atoms with van der Waals surface area (Å²) in [7, 11) is -3.76. The Morgan fingerprint density at radius 3 is 2.85 bits per heavy atom. The maximum Gasteiger partial charge on any atom is 0.243 e. The van der Waals surface area contributed by atoms with Crippen molar-refractivity contribution in [1.29, 1.82) is 0 Å². The van der Waals surface area contributed by atoms with E-state index >= 15 is 0 Å². The summed E-state index contributed by atoms with van der Waals surface area (Å²) in [5, 5.41) is 3.11. The van der Waals surface area contributed by atoms with Gasteiger partial charge in [-0.25, -0.2) is 12.8 Å². The molecule has 2 aromatic carbocycles. The predicted octanol–water partition coefficient (Wildman–Crippen LogP) is 4.11. The first-order valence-electron chi connectivity index (χ1n) is 8.31. The molecule has 4 nitrogen and oxygen atoms in total. The lowest BCUT2D eigenvalue weighted by molar-refractivity contribution is -0.00154. The number of aryl methyl sites for hydroxylation is 1. The van der Waals surface area contributed by atoms with E-state index in [2.05, 4.69) is 0 Å². The van der Waals surface area contributed by atoms with E-state index in [1.54, 1.807) is 18.3 Å². The second-order valence-corrected chi connectivity index (χ2v) is 9.17. The summed E-state index contributed by atoms with van der Waals surface area (Å²) in [5.74, 6) is -0.514. The summed E-state index contributed by atoms with van der Waals surface area (Å²) in [6.07, 6.45) is -0.329. The highest BCUT2D eigenvalue weighted by molar-refractivity contribution is 7.89. The fraction of sp³-hybridized carbons (Fsp3) is 0.263. The monoisotopic (exact) mass is 391 g/mol. The molecule has 0 N–H and O–H groups in total. The minimum absolute atomic E-state index is 0.0172. The van der Waals surface area contributed by atoms with Crippen molar-refractivity contribution in [3.05, 3.63) is 64.8 Å². The first-order chi connectivity index (χ1) is 12.5. The van der Waals surface area contributed by atoms with Crippen molar-refractivity contribution in [1.82, 2.24) is 4.31 Å². The summed E-state index contributed by atoms with van der Waals surface area (Å²) >= 11 is 1.62. The molecule has 2 heterocycles. The molecule has 26 heavy (non-hydrogen) atoms. The van der Waals surface area contributed by atoms with Gasteiger partial charge in [-0.1, -0.05) is 24.3 Å². The molecule has 0 radical (unpaired) electrons. The highest BCUT2D eigenvalue weighted by Crippen LogP contribution is 2.34. The van der Waals surface area contributed by atoms with E-state index in [0.717, 1.165) is 21.7 Å². The van der Waals surface area contributed by atoms with Gasteiger partial charge in [-0.3, -0.25) is 0 Å². The predicted molar refractivity (Wildman–Crippen MR) is 100 cm³/mol. The van der Waals surface area contributed by atoms with Gasteiger partial charge in [0.15, 0.2) is 0 Å². The molecule has 1 aromatic heterocycles. The van der Waals surface area contributed by atoms with Gasteiger partial charge in [-0.2, -0.15) is 4.31 Å². The van der Waals surface area contributed by atoms with E-state index in [0.29, 0.717) is 12.2 Å². The lowest BCUT2D eigenvalue weighted by atomic mass is 10.1. The molecule has 0 amide bonds. The number of ether oxygens (including phenoxy) is 1. The van der Waals surface area contributed by atoms with Gasteiger partial charge in [-0.05, 0) is 41.5 Å². The van der Waals surface area contributed by atoms with Gasteiger partial charge in [-0.15, -0.1) is 11.3 Å². The average molecular weight is 391 g/mol. The zero-order valence-corrected chi connectivity index (χ0v) is 15.8. The second kappa shape index (κ2) is 6.74. The van der Waals surface area contributed by atoms with Crippen LogP contribution in [0.1, 0.15) is 17.2 Å². The molecule has 0 bridgehead atoms. The molecule has 1 aliphatic heterocycles. The van der Waals surface area contributed by atoms with Crippen molar-refractivity contribution in [2.45, 2.75) is 17.9 Å². The molecular weight excluding hydrogens is 373 g/mol. The van der Waals surface area contributed by atoms with Gasteiger partial charge < -0.3 is 4.74 Å². The maximum atomic E-state index is 13.8. The van der Waals surface area contributed by atoms with Crippen LogP contribution in [0.5, 0.6) is 0 Å². The Morgan fingerprint density at radius 2 is 2.04 bits per heavy atom. The number of hydrogen-bond acceptors (Lipinski definition) is 4. The fourth-order valence-electron chi connectivity index (χ4n) is 3.16. The number of sulfonamides is 1. The van der Waals surface area contributed by atoms with Crippen LogP contribution in [0.25, 0.3) is 10.1 Å². The number of benzene rings is 2. The van der Waals surface area contributed by atoms with E-state index in [1.165, 1.54) is 16.4 Å². The van der Waals surface area contributed by atoms with Crippen molar-refractivity contribution in [3.63, 3.8) is 0 Å². The number of thiophene rings is 1. The van der Waals surface area contributed by atoms with Gasteiger partial charge in [0.05, 0.1) is 17.6 Å². The van der Waals surface area contributed by atoms with Crippen molar-refractivity contribution >= 4 is 31.4 Å². The van der Waals surface area contributed by atoms with Crippen LogP contribution < -0.4 is 0 Å². The van der Waals surface area contributed by atoms with Gasteiger partial charge in [0, 0.05) is 23.4 Å². The Balaban J connectivity index is 1.65. The quantitative estimate of drug-likeness (QED) is 0.675. The molecule has 7 heteroatoms. The van der Waals surface area contributed by atoms with Gasteiger partial charge in [0.1, 0.15) is 5.82 Å². The number of nitrogens with zero attached hydrogens (tertiary/aromatic N) is 1. The van der Waals surface area contributed by atoms with Crippen LogP contribution in [0, 0.1) is 12.7 Å². The third kappa shape index (κ3) is 3.05. The van der Waals surface area contributed by atoms with E-state index in [9.17, 15) is 12.8 Å². The molecule has 0 unspecified atom stereocenters. The molecule has 1 atom stereocenters. The minimum Gasteiger partial charge on any atom is -0.371 e. The zero-order chi connectivity index (χ0) is 18.3. The lowest BCUT2D eigenvalue weighted by Gasteiger charge is -2.32. The first-order valence-corrected chi connectivity index (χ1v) is 10.6. The third-order valence-electron chi connectivity index (χ3n) is 4.67. The van der Waals surface area contributed by atoms with Crippen LogP contribution in [-0.2, 0) is 14.8 Å². The molecule has 0 aliphatic carbocycles. The summed E-state index contributed by atoms with van der Waals surface area (Å²) in [4.78, 5) is -0.0172. The molecule has 1 fully saturated rings. The van der Waals surface area contributed by atoms with Crippen LogP contribution in [0.2, 0.25) is 0 Å². The summed E-state index contributed by atoms with van der Waals surface area (Å²) in [6.45, 7) is 2.40. The smallest absolute Gasteiger partial charge is 0.243 e. The third-order valence-corrected chi connectivity index (χ3v) is 7.51. The minimum atomic E-state index is -3.76. The number of halogens is 1. The van der Waals surface area contributed by atoms with E-state index in [4.69, 9.17) is 4.74 Å². The Labute approximate surface area is 155 Å². The molecular formula is C19H18FNO3S2. The van der Waals surface area contributed by atoms with Crippen LogP contribution in [0.3, 0.4) is 0 Å². The highest BCUT2D eigenvalue weighted by Gasteiger charge is 2.32. The summed E-state index contributed by atoms with van der Waals surface area (Å²) in [5.41, 5.74) is 1.43. The SMILES string of the molecule is Cc1ccc(S(=O)(=O)N2CCO[C@H](c3csc4ccccc34)C2)cc1F. The Morgan fingerprint density at radius 1 is 1.23 bits per heavy atom. The van der Waals surface area contributed by atoms with Crippen molar-refractivity contribution < 1.29 is 17.5 Å². The Kier molecular flexibility index (Phi) is 4.56. The van der Waals surface area contributed by atoms with E-state index in [-0.39, 0.29) is 24.1 Å². The van der Waals surface area contributed by atoms with Crippen molar-refractivity contribution in [2.24, 2.45) is 0 Å². The van der Waals surface area contributed by atoms with Gasteiger partial charge >= 0.3 is 0 Å². The number of morpholine rings is 1. The molecule has 3 aromatic rings. The summed E-state index contributed by atoms with van der Waals surface area (Å²) < 4.78 is 48.1. The average Bonchev–Trinajstić information content (AvgIpc) is 3.08. The molecule has 4 rings (SSSR count). The van der Waals surface area contributed by atoms with E-state index < -0.39 is 15.8 Å².